The second-order valence-electron chi connectivity index (χ2n) is 3.82. The zero-order chi connectivity index (χ0) is 15.0. The molecule has 9 nitrogen and oxygen atoms in total. The third kappa shape index (κ3) is 2.68. The van der Waals surface area contributed by atoms with Crippen LogP contribution < -0.4 is 0 Å². The van der Waals surface area contributed by atoms with Gasteiger partial charge in [-0.2, -0.15) is 0 Å². The number of thiazole rings is 1. The van der Waals surface area contributed by atoms with Crippen LogP contribution in [0.5, 0.6) is 0 Å². The van der Waals surface area contributed by atoms with Gasteiger partial charge in [-0.25, -0.2) is 9.97 Å². The monoisotopic (exact) mass is 323 g/mol. The van der Waals surface area contributed by atoms with E-state index in [2.05, 4.69) is 15.0 Å². The van der Waals surface area contributed by atoms with E-state index in [4.69, 9.17) is 0 Å². The van der Waals surface area contributed by atoms with E-state index in [1.165, 1.54) is 18.3 Å². The van der Waals surface area contributed by atoms with Crippen LogP contribution in [0.4, 0.5) is 10.7 Å². The molecule has 3 aromatic rings. The summed E-state index contributed by atoms with van der Waals surface area (Å²) in [7, 11) is 0. The number of nitrogens with zero attached hydrogens (tertiary/aromatic N) is 4. The fraction of sp³-hybridized carbons (Fsp3) is 0. The summed E-state index contributed by atoms with van der Waals surface area (Å²) in [5.41, 5.74) is 1.07. The minimum Gasteiger partial charge on any atom is -0.332 e. The molecule has 0 spiro atoms. The van der Waals surface area contributed by atoms with Crippen LogP contribution in [0.3, 0.4) is 0 Å². The number of hydrogen-bond donors (Lipinski definition) is 1. The molecule has 0 bridgehead atoms. The highest BCUT2D eigenvalue weighted by molar-refractivity contribution is 8.00. The molecule has 2 heterocycles. The Balaban J connectivity index is 1.90. The van der Waals surface area contributed by atoms with Crippen LogP contribution in [0.1, 0.15) is 0 Å². The number of non-ortho nitro benzene ring substituents is 1. The van der Waals surface area contributed by atoms with Gasteiger partial charge in [0.2, 0.25) is 0 Å². The molecule has 0 amide bonds. The van der Waals surface area contributed by atoms with Crippen molar-refractivity contribution in [1.29, 1.82) is 0 Å². The molecule has 0 saturated carbocycles. The van der Waals surface area contributed by atoms with Gasteiger partial charge in [0.05, 0.1) is 20.9 Å². The zero-order valence-electron chi connectivity index (χ0n) is 10.0. The largest absolute Gasteiger partial charge is 0.344 e. The van der Waals surface area contributed by atoms with Crippen LogP contribution in [-0.4, -0.2) is 24.8 Å². The van der Waals surface area contributed by atoms with E-state index in [1.54, 1.807) is 6.07 Å². The summed E-state index contributed by atoms with van der Waals surface area (Å²) in [4.78, 5) is 31.4. The summed E-state index contributed by atoms with van der Waals surface area (Å²) in [6.07, 6.45) is 1.18. The lowest BCUT2D eigenvalue weighted by Crippen LogP contribution is -1.86. The predicted molar refractivity (Wildman–Crippen MR) is 75.6 cm³/mol. The van der Waals surface area contributed by atoms with Gasteiger partial charge in [0.25, 0.3) is 5.69 Å². The van der Waals surface area contributed by atoms with Gasteiger partial charge in [0.15, 0.2) is 9.50 Å². The van der Waals surface area contributed by atoms with Gasteiger partial charge in [0.1, 0.15) is 6.20 Å². The molecule has 0 saturated heterocycles. The number of nitro benzene ring substituents is 1. The van der Waals surface area contributed by atoms with E-state index in [0.717, 1.165) is 23.1 Å². The number of H-pyrrole nitrogens is 1. The minimum atomic E-state index is -0.510. The fourth-order valence-corrected chi connectivity index (χ4v) is 3.30. The molecule has 1 aromatic carbocycles. The number of fused-ring (bicyclic) bond motifs is 1. The van der Waals surface area contributed by atoms with E-state index >= 15 is 0 Å². The number of hydrogen-bond acceptors (Lipinski definition) is 8. The first kappa shape index (κ1) is 13.5. The molecule has 2 aromatic heterocycles. The van der Waals surface area contributed by atoms with Gasteiger partial charge < -0.3 is 4.98 Å². The second-order valence-corrected chi connectivity index (χ2v) is 6.07. The summed E-state index contributed by atoms with van der Waals surface area (Å²) in [5, 5.41) is 21.7. The molecular formula is C10H5N5O4S2. The summed E-state index contributed by atoms with van der Waals surface area (Å²) in [6.45, 7) is 0. The van der Waals surface area contributed by atoms with E-state index in [-0.39, 0.29) is 10.7 Å². The van der Waals surface area contributed by atoms with Gasteiger partial charge in [-0.05, 0) is 29.2 Å². The van der Waals surface area contributed by atoms with Crippen LogP contribution in [0.25, 0.3) is 11.0 Å². The molecule has 106 valence electrons. The lowest BCUT2D eigenvalue weighted by molar-refractivity contribution is -0.384. The lowest BCUT2D eigenvalue weighted by Gasteiger charge is -1.89. The topological polar surface area (TPSA) is 128 Å². The highest BCUT2D eigenvalue weighted by atomic mass is 32.2. The van der Waals surface area contributed by atoms with E-state index in [9.17, 15) is 20.2 Å². The molecule has 0 fully saturated rings. The quantitative estimate of drug-likeness (QED) is 0.577. The molecule has 0 aliphatic carbocycles. The van der Waals surface area contributed by atoms with E-state index < -0.39 is 9.85 Å². The smallest absolute Gasteiger partial charge is 0.332 e. The van der Waals surface area contributed by atoms with Crippen molar-refractivity contribution in [2.24, 2.45) is 0 Å². The van der Waals surface area contributed by atoms with Crippen molar-refractivity contribution >= 4 is 44.8 Å². The Bertz CT molecular complexity index is 858. The third-order valence-corrected chi connectivity index (χ3v) is 4.40. The molecular weight excluding hydrogens is 318 g/mol. The standard InChI is InChI=1S/C10H5N5O4S2/c16-14(17)5-1-2-6-7(3-5)13-9(12-6)21-10-11-4-8(20-10)15(18)19/h1-4H,(H,12,13). The maximum absolute atomic E-state index is 10.7. The van der Waals surface area contributed by atoms with E-state index in [1.807, 2.05) is 0 Å². The number of nitrogens with one attached hydrogen (secondary N) is 1. The first-order valence-electron chi connectivity index (χ1n) is 5.45. The van der Waals surface area contributed by atoms with Crippen LogP contribution >= 0.6 is 23.1 Å². The highest BCUT2D eigenvalue weighted by Crippen LogP contribution is 2.33. The Morgan fingerprint density at radius 3 is 2.71 bits per heavy atom. The Morgan fingerprint density at radius 2 is 2.05 bits per heavy atom. The number of benzene rings is 1. The van der Waals surface area contributed by atoms with Crippen LogP contribution in [0, 0.1) is 20.2 Å². The molecule has 3 rings (SSSR count). The molecule has 0 aliphatic heterocycles. The van der Waals surface area contributed by atoms with Crippen molar-refractivity contribution < 1.29 is 9.85 Å². The normalized spacial score (nSPS) is 10.9. The summed E-state index contributed by atoms with van der Waals surface area (Å²) in [5.74, 6) is 0. The maximum Gasteiger partial charge on any atom is 0.344 e. The number of aromatic amines is 1. The number of aromatic nitrogens is 3. The van der Waals surface area contributed by atoms with Gasteiger partial charge in [0, 0.05) is 12.1 Å². The van der Waals surface area contributed by atoms with Gasteiger partial charge in [-0.1, -0.05) is 0 Å². The van der Waals surface area contributed by atoms with Crippen molar-refractivity contribution in [3.05, 3.63) is 44.6 Å². The number of rotatable bonds is 4. The Morgan fingerprint density at radius 1 is 1.24 bits per heavy atom. The molecule has 1 N–H and O–H groups in total. The third-order valence-electron chi connectivity index (χ3n) is 2.49. The first-order chi connectivity index (χ1) is 10.0. The summed E-state index contributed by atoms with van der Waals surface area (Å²) >= 11 is 2.07. The zero-order valence-corrected chi connectivity index (χ0v) is 11.7. The summed E-state index contributed by atoms with van der Waals surface area (Å²) < 4.78 is 0.468. The fourth-order valence-electron chi connectivity index (χ4n) is 1.60. The van der Waals surface area contributed by atoms with Crippen molar-refractivity contribution in [3.8, 4) is 0 Å². The van der Waals surface area contributed by atoms with Crippen molar-refractivity contribution in [2.45, 2.75) is 9.50 Å². The first-order valence-corrected chi connectivity index (χ1v) is 7.08. The van der Waals surface area contributed by atoms with Crippen molar-refractivity contribution in [2.75, 3.05) is 0 Å². The molecule has 0 radical (unpaired) electrons. The van der Waals surface area contributed by atoms with Gasteiger partial charge in [-0.15, -0.1) is 0 Å². The average molecular weight is 323 g/mol. The Kier molecular flexibility index (Phi) is 3.27. The second kappa shape index (κ2) is 5.10. The van der Waals surface area contributed by atoms with Crippen LogP contribution in [-0.2, 0) is 0 Å². The Labute approximate surface area is 124 Å². The minimum absolute atomic E-state index is 0.0346. The summed E-state index contributed by atoms with van der Waals surface area (Å²) in [6, 6.07) is 4.29. The van der Waals surface area contributed by atoms with Gasteiger partial charge in [-0.3, -0.25) is 20.2 Å². The Hall–Kier alpha value is -2.53. The molecule has 0 unspecified atom stereocenters. The van der Waals surface area contributed by atoms with Crippen LogP contribution in [0.2, 0.25) is 0 Å². The van der Waals surface area contributed by atoms with Gasteiger partial charge >= 0.3 is 5.00 Å². The lowest BCUT2D eigenvalue weighted by atomic mass is 10.3. The number of imidazole rings is 1. The molecule has 11 heteroatoms. The molecule has 21 heavy (non-hydrogen) atoms. The van der Waals surface area contributed by atoms with Crippen molar-refractivity contribution in [1.82, 2.24) is 15.0 Å². The van der Waals surface area contributed by atoms with Crippen molar-refractivity contribution in [3.63, 3.8) is 0 Å². The van der Waals surface area contributed by atoms with E-state index in [0.29, 0.717) is 20.5 Å². The number of nitro groups is 2. The SMILES string of the molecule is O=[N+]([O-])c1ccc2nc(Sc3ncc([N+](=O)[O-])s3)[nH]c2c1. The average Bonchev–Trinajstić information content (AvgIpc) is 3.03. The maximum atomic E-state index is 10.7. The molecule has 0 aliphatic rings. The van der Waals surface area contributed by atoms with Crippen LogP contribution in [0.15, 0.2) is 33.9 Å². The predicted octanol–water partition coefficient (Wildman–Crippen LogP) is 2.99. The highest BCUT2D eigenvalue weighted by Gasteiger charge is 2.15. The molecule has 0 atom stereocenters.